The van der Waals surface area contributed by atoms with Crippen LogP contribution in [0.5, 0.6) is 0 Å². The molecule has 0 aromatic heterocycles. The Labute approximate surface area is 76.2 Å². The van der Waals surface area contributed by atoms with Crippen LogP contribution in [0.15, 0.2) is 17.1 Å². The second-order valence-electron chi connectivity index (χ2n) is 2.49. The van der Waals surface area contributed by atoms with E-state index in [0.29, 0.717) is 0 Å². The maximum absolute atomic E-state index is 13.0. The molecule has 0 bridgehead atoms. The number of carbonyl (C=O) groups is 1. The molecule has 1 aromatic carbocycles. The predicted molar refractivity (Wildman–Crippen MR) is 41.4 cm³/mol. The Bertz CT molecular complexity index is 524. The number of amides is 1. The molecule has 2 nitrogen and oxygen atoms in total. The molecule has 0 saturated heterocycles. The average molecular weight is 202 g/mol. The lowest BCUT2D eigenvalue weighted by molar-refractivity contribution is -0.112. The van der Waals surface area contributed by atoms with Gasteiger partial charge in [0.15, 0.2) is 11.6 Å². The van der Waals surface area contributed by atoms with Crippen molar-refractivity contribution in [3.63, 3.8) is 0 Å². The highest BCUT2D eigenvalue weighted by atomic mass is 35.5. The number of benzene rings is 1. The minimum Gasteiger partial charge on any atom is -0.266 e. The molecule has 66 valence electrons. The Morgan fingerprint density at radius 2 is 2.00 bits per heavy atom. The van der Waals surface area contributed by atoms with Crippen LogP contribution in [0.4, 0.5) is 8.78 Å². The monoisotopic (exact) mass is 201 g/mol. The molecule has 1 heterocycles. The first-order chi connectivity index (χ1) is 6.11. The van der Waals surface area contributed by atoms with Gasteiger partial charge in [-0.15, -0.1) is 0 Å². The molecule has 1 aliphatic heterocycles. The predicted octanol–water partition coefficient (Wildman–Crippen LogP) is 0.472. The van der Waals surface area contributed by atoms with Crippen LogP contribution in [0.2, 0.25) is 0 Å². The van der Waals surface area contributed by atoms with E-state index in [1.54, 1.807) is 0 Å². The molecular formula is C8H2ClF2NO. The lowest BCUT2D eigenvalue weighted by Crippen LogP contribution is -2.27. The van der Waals surface area contributed by atoms with E-state index in [1.165, 1.54) is 6.07 Å². The van der Waals surface area contributed by atoms with Crippen LogP contribution < -0.4 is 10.6 Å². The molecule has 0 N–H and O–H groups in total. The number of hydrogen-bond donors (Lipinski definition) is 0. The van der Waals surface area contributed by atoms with Crippen molar-refractivity contribution in [2.45, 2.75) is 0 Å². The fourth-order valence-corrected chi connectivity index (χ4v) is 1.29. The van der Waals surface area contributed by atoms with Crippen molar-refractivity contribution < 1.29 is 13.6 Å². The molecule has 2 rings (SSSR count). The lowest BCUT2D eigenvalue weighted by Gasteiger charge is -1.89. The molecule has 0 atom stereocenters. The van der Waals surface area contributed by atoms with Gasteiger partial charge in [0.1, 0.15) is 10.4 Å². The summed E-state index contributed by atoms with van der Waals surface area (Å²) in [6.07, 6.45) is 0. The van der Waals surface area contributed by atoms with E-state index in [0.717, 1.165) is 6.07 Å². The van der Waals surface area contributed by atoms with E-state index in [9.17, 15) is 13.6 Å². The number of halogens is 3. The Morgan fingerprint density at radius 3 is 2.69 bits per heavy atom. The third kappa shape index (κ3) is 1.06. The summed E-state index contributed by atoms with van der Waals surface area (Å²) in [5, 5.41) is -0.338. The third-order valence-electron chi connectivity index (χ3n) is 1.71. The fraction of sp³-hybridized carbons (Fsp3) is 0. The molecule has 13 heavy (non-hydrogen) atoms. The number of nitrogens with zero attached hydrogens (tertiary/aromatic N) is 1. The van der Waals surface area contributed by atoms with Crippen molar-refractivity contribution >= 4 is 22.5 Å². The van der Waals surface area contributed by atoms with E-state index < -0.39 is 17.5 Å². The maximum atomic E-state index is 13.0. The Hall–Kier alpha value is -1.29. The van der Waals surface area contributed by atoms with Gasteiger partial charge in [-0.1, -0.05) is 11.6 Å². The molecule has 1 aliphatic rings. The van der Waals surface area contributed by atoms with Crippen molar-refractivity contribution in [3.8, 4) is 0 Å². The number of hydrogen-bond acceptors (Lipinski definition) is 1. The second-order valence-corrected chi connectivity index (χ2v) is 2.87. The Balaban J connectivity index is 3.01. The van der Waals surface area contributed by atoms with Gasteiger partial charge in [0.25, 0.3) is 5.91 Å². The number of fused-ring (bicyclic) bond motifs is 1. The van der Waals surface area contributed by atoms with Crippen molar-refractivity contribution in [2.24, 2.45) is 4.99 Å². The van der Waals surface area contributed by atoms with Crippen LogP contribution >= 0.6 is 11.6 Å². The van der Waals surface area contributed by atoms with Gasteiger partial charge in [-0.3, -0.25) is 4.79 Å². The summed E-state index contributed by atoms with van der Waals surface area (Å²) in [6, 6.07) is 2.13. The fourth-order valence-electron chi connectivity index (χ4n) is 1.09. The number of carbonyl (C=O) groups excluding carboxylic acids is 1. The molecule has 0 unspecified atom stereocenters. The molecule has 0 aliphatic carbocycles. The second kappa shape index (κ2) is 2.60. The summed E-state index contributed by atoms with van der Waals surface area (Å²) in [5.41, 5.74) is 0. The summed E-state index contributed by atoms with van der Waals surface area (Å²) in [6.45, 7) is 0. The Kier molecular flexibility index (Phi) is 1.66. The zero-order valence-electron chi connectivity index (χ0n) is 6.14. The lowest BCUT2D eigenvalue weighted by atomic mass is 10.2. The van der Waals surface area contributed by atoms with Gasteiger partial charge < -0.3 is 0 Å². The zero-order valence-corrected chi connectivity index (χ0v) is 6.90. The first-order valence-corrected chi connectivity index (χ1v) is 3.76. The molecule has 1 aromatic rings. The van der Waals surface area contributed by atoms with Crippen LogP contribution in [0.25, 0.3) is 5.03 Å². The topological polar surface area (TPSA) is 29.4 Å². The first-order valence-electron chi connectivity index (χ1n) is 3.38. The minimum absolute atomic E-state index is 0.144. The van der Waals surface area contributed by atoms with E-state index >= 15 is 0 Å². The minimum atomic E-state index is -1.14. The van der Waals surface area contributed by atoms with Gasteiger partial charge in [0.2, 0.25) is 0 Å². The average Bonchev–Trinajstić information content (AvgIpc) is 2.38. The normalized spacial score (nSPS) is 14.4. The summed E-state index contributed by atoms with van der Waals surface area (Å²) >= 11 is 5.50. The van der Waals surface area contributed by atoms with Crippen LogP contribution in [0.3, 0.4) is 0 Å². The highest BCUT2D eigenvalue weighted by Gasteiger charge is 2.17. The van der Waals surface area contributed by atoms with Crippen LogP contribution in [-0.2, 0) is 4.79 Å². The molecule has 0 radical (unpaired) electrons. The van der Waals surface area contributed by atoms with Crippen molar-refractivity contribution in [1.82, 2.24) is 0 Å². The molecule has 5 heteroatoms. The summed E-state index contributed by atoms with van der Waals surface area (Å²) in [4.78, 5) is 14.1. The van der Waals surface area contributed by atoms with Gasteiger partial charge in [0, 0.05) is 5.22 Å². The smallest absolute Gasteiger partial charge is 0.266 e. The molecule has 0 spiro atoms. The largest absolute Gasteiger partial charge is 0.289 e. The standard InChI is InChI=1S/C8H2ClF2NO/c9-5-3-1-2-4(10)6(11)7(3)12-8(5)13/h1-2H. The zero-order chi connectivity index (χ0) is 9.59. The Morgan fingerprint density at radius 1 is 1.31 bits per heavy atom. The van der Waals surface area contributed by atoms with E-state index in [1.807, 2.05) is 0 Å². The van der Waals surface area contributed by atoms with E-state index in [-0.39, 0.29) is 15.6 Å². The van der Waals surface area contributed by atoms with E-state index in [4.69, 9.17) is 11.6 Å². The quantitative estimate of drug-likeness (QED) is 0.600. The first kappa shape index (κ1) is 8.31. The maximum Gasteiger partial charge on any atom is 0.289 e. The van der Waals surface area contributed by atoms with Crippen molar-refractivity contribution in [3.05, 3.63) is 34.3 Å². The van der Waals surface area contributed by atoms with E-state index in [2.05, 4.69) is 4.99 Å². The van der Waals surface area contributed by atoms with Gasteiger partial charge in [-0.25, -0.2) is 13.8 Å². The van der Waals surface area contributed by atoms with Crippen LogP contribution in [-0.4, -0.2) is 5.91 Å². The summed E-state index contributed by atoms with van der Waals surface area (Å²) < 4.78 is 25.6. The third-order valence-corrected chi connectivity index (χ3v) is 2.07. The SMILES string of the molecule is O=C1N=c2c(F)c(F)ccc2=C1Cl. The highest BCUT2D eigenvalue weighted by Crippen LogP contribution is 2.07. The highest BCUT2D eigenvalue weighted by molar-refractivity contribution is 6.61. The van der Waals surface area contributed by atoms with Crippen LogP contribution in [0.1, 0.15) is 0 Å². The number of rotatable bonds is 0. The molecular weight excluding hydrogens is 200 g/mol. The molecule has 0 saturated carbocycles. The van der Waals surface area contributed by atoms with Gasteiger partial charge in [0.05, 0.1) is 0 Å². The van der Waals surface area contributed by atoms with Crippen LogP contribution in [0, 0.1) is 11.6 Å². The van der Waals surface area contributed by atoms with Gasteiger partial charge in [-0.2, -0.15) is 0 Å². The van der Waals surface area contributed by atoms with Crippen molar-refractivity contribution in [1.29, 1.82) is 0 Å². The molecule has 0 fully saturated rings. The van der Waals surface area contributed by atoms with Gasteiger partial charge >= 0.3 is 0 Å². The van der Waals surface area contributed by atoms with Gasteiger partial charge in [-0.05, 0) is 12.1 Å². The summed E-state index contributed by atoms with van der Waals surface area (Å²) in [5.74, 6) is -2.91. The molecule has 1 amide bonds. The summed E-state index contributed by atoms with van der Waals surface area (Å²) in [7, 11) is 0. The van der Waals surface area contributed by atoms with Crippen molar-refractivity contribution in [2.75, 3.05) is 0 Å².